The highest BCUT2D eigenvalue weighted by atomic mass is 19.4. The first kappa shape index (κ1) is 28.9. The Morgan fingerprint density at radius 2 is 1.57 bits per heavy atom. The van der Waals surface area contributed by atoms with Crippen LogP contribution in [-0.2, 0) is 24.0 Å². The van der Waals surface area contributed by atoms with Crippen molar-refractivity contribution in [2.24, 2.45) is 11.3 Å². The lowest BCUT2D eigenvalue weighted by Crippen LogP contribution is -2.11. The van der Waals surface area contributed by atoms with Crippen molar-refractivity contribution in [3.05, 3.63) is 107 Å². The summed E-state index contributed by atoms with van der Waals surface area (Å²) in [5.41, 5.74) is 1.77. The maximum absolute atomic E-state index is 12.9. The van der Waals surface area contributed by atoms with E-state index in [4.69, 9.17) is 4.74 Å². The van der Waals surface area contributed by atoms with Crippen molar-refractivity contribution in [1.29, 1.82) is 0 Å². The predicted molar refractivity (Wildman–Crippen MR) is 145 cm³/mol. The van der Waals surface area contributed by atoms with Crippen LogP contribution in [0.15, 0.2) is 78.9 Å². The van der Waals surface area contributed by atoms with Crippen molar-refractivity contribution in [2.45, 2.75) is 51.3 Å². The normalized spacial score (nSPS) is 15.1. The SMILES string of the molecule is O=C(O)CC1(CC[C@H](/C=C/c2ccccc2OCc2ccc(C(F)(F)F)cc2)Cc2ccc(C(=O)O)cc2)CC1. The lowest BCUT2D eigenvalue weighted by Gasteiger charge is -2.18. The van der Waals surface area contributed by atoms with Gasteiger partial charge in [0.1, 0.15) is 12.4 Å². The molecular formula is C32H31F3O5. The van der Waals surface area contributed by atoms with Crippen LogP contribution in [0.2, 0.25) is 0 Å². The molecule has 1 aliphatic rings. The van der Waals surface area contributed by atoms with Gasteiger partial charge in [-0.3, -0.25) is 4.79 Å². The molecular weight excluding hydrogens is 521 g/mol. The fourth-order valence-corrected chi connectivity index (χ4v) is 4.80. The minimum absolute atomic E-state index is 0.0740. The average Bonchev–Trinajstić information content (AvgIpc) is 3.68. The third-order valence-corrected chi connectivity index (χ3v) is 7.37. The number of rotatable bonds is 13. The van der Waals surface area contributed by atoms with Crippen LogP contribution in [0.3, 0.4) is 0 Å². The van der Waals surface area contributed by atoms with E-state index < -0.39 is 23.7 Å². The molecule has 0 amide bonds. The lowest BCUT2D eigenvalue weighted by atomic mass is 9.87. The van der Waals surface area contributed by atoms with Crippen LogP contribution in [0.5, 0.6) is 5.75 Å². The number of carbonyl (C=O) groups is 2. The van der Waals surface area contributed by atoms with E-state index in [9.17, 15) is 33.0 Å². The number of halogens is 3. The Bertz CT molecular complexity index is 1340. The molecule has 0 aliphatic heterocycles. The van der Waals surface area contributed by atoms with E-state index in [0.29, 0.717) is 17.7 Å². The summed E-state index contributed by atoms with van der Waals surface area (Å²) in [6, 6.07) is 19.0. The first-order valence-corrected chi connectivity index (χ1v) is 13.1. The summed E-state index contributed by atoms with van der Waals surface area (Å²) in [4.78, 5) is 22.5. The van der Waals surface area contributed by atoms with Gasteiger partial charge in [-0.1, -0.05) is 54.6 Å². The Labute approximate surface area is 230 Å². The van der Waals surface area contributed by atoms with Gasteiger partial charge in [0.15, 0.2) is 0 Å². The molecule has 0 saturated heterocycles. The summed E-state index contributed by atoms with van der Waals surface area (Å²) < 4.78 is 44.5. The van der Waals surface area contributed by atoms with Crippen molar-refractivity contribution >= 4 is 18.0 Å². The van der Waals surface area contributed by atoms with Crippen LogP contribution in [0, 0.1) is 11.3 Å². The highest BCUT2D eigenvalue weighted by molar-refractivity contribution is 5.87. The average molecular weight is 553 g/mol. The van der Waals surface area contributed by atoms with Crippen LogP contribution in [0.4, 0.5) is 13.2 Å². The molecule has 0 spiro atoms. The first-order valence-electron chi connectivity index (χ1n) is 13.1. The van der Waals surface area contributed by atoms with Crippen molar-refractivity contribution in [2.75, 3.05) is 0 Å². The molecule has 2 N–H and O–H groups in total. The second kappa shape index (κ2) is 12.4. The Morgan fingerprint density at radius 1 is 0.925 bits per heavy atom. The number of carboxylic acid groups (broad SMARTS) is 2. The second-order valence-corrected chi connectivity index (χ2v) is 10.5. The quantitative estimate of drug-likeness (QED) is 0.225. The van der Waals surface area contributed by atoms with Crippen molar-refractivity contribution in [1.82, 2.24) is 0 Å². The smallest absolute Gasteiger partial charge is 0.416 e. The molecule has 1 aliphatic carbocycles. The molecule has 3 aromatic rings. The molecule has 1 fully saturated rings. The monoisotopic (exact) mass is 552 g/mol. The van der Waals surface area contributed by atoms with Gasteiger partial charge in [-0.05, 0) is 84.9 Å². The van der Waals surface area contributed by atoms with Gasteiger partial charge < -0.3 is 14.9 Å². The van der Waals surface area contributed by atoms with Gasteiger partial charge >= 0.3 is 18.1 Å². The van der Waals surface area contributed by atoms with Crippen molar-refractivity contribution in [3.8, 4) is 5.75 Å². The third-order valence-electron chi connectivity index (χ3n) is 7.37. The molecule has 5 nitrogen and oxygen atoms in total. The number of allylic oxidation sites excluding steroid dienone is 1. The second-order valence-electron chi connectivity index (χ2n) is 10.5. The molecule has 0 radical (unpaired) electrons. The number of aromatic carboxylic acids is 1. The largest absolute Gasteiger partial charge is 0.488 e. The van der Waals surface area contributed by atoms with Crippen LogP contribution in [0.25, 0.3) is 6.08 Å². The lowest BCUT2D eigenvalue weighted by molar-refractivity contribution is -0.139. The van der Waals surface area contributed by atoms with E-state index in [2.05, 4.69) is 6.08 Å². The molecule has 210 valence electrons. The molecule has 0 bridgehead atoms. The van der Waals surface area contributed by atoms with Gasteiger partial charge in [-0.15, -0.1) is 0 Å². The number of alkyl halides is 3. The van der Waals surface area contributed by atoms with Gasteiger partial charge in [-0.25, -0.2) is 4.79 Å². The summed E-state index contributed by atoms with van der Waals surface area (Å²) >= 11 is 0. The van der Waals surface area contributed by atoms with Crippen LogP contribution in [-0.4, -0.2) is 22.2 Å². The van der Waals surface area contributed by atoms with Gasteiger partial charge in [0.2, 0.25) is 0 Å². The number of hydrogen-bond donors (Lipinski definition) is 2. The highest BCUT2D eigenvalue weighted by Crippen LogP contribution is 2.53. The standard InChI is InChI=1S/C32H31F3O5/c33-32(34,35)27-13-8-24(9-14-27)21-40-28-4-2-1-3-25(28)10-5-23(15-16-31(17-18-31)20-29(36)37)19-22-6-11-26(12-7-22)30(38)39/h1-14,23H,15-21H2,(H,36,37)(H,38,39)/b10-5+/t23-/m0/s1. The predicted octanol–water partition coefficient (Wildman–Crippen LogP) is 7.89. The number of benzene rings is 3. The minimum atomic E-state index is -4.39. The van der Waals surface area contributed by atoms with E-state index in [-0.39, 0.29) is 29.9 Å². The minimum Gasteiger partial charge on any atom is -0.488 e. The van der Waals surface area contributed by atoms with Crippen molar-refractivity contribution in [3.63, 3.8) is 0 Å². The Hall–Kier alpha value is -4.07. The van der Waals surface area contributed by atoms with Gasteiger partial charge in [0.05, 0.1) is 17.5 Å². The third kappa shape index (κ3) is 8.21. The number of carboxylic acids is 2. The molecule has 3 aromatic carbocycles. The maximum atomic E-state index is 12.9. The van der Waals surface area contributed by atoms with Crippen molar-refractivity contribution < 1.29 is 37.7 Å². The Kier molecular flexibility index (Phi) is 8.97. The van der Waals surface area contributed by atoms with Crippen LogP contribution >= 0.6 is 0 Å². The van der Waals surface area contributed by atoms with E-state index in [1.807, 2.05) is 24.3 Å². The first-order chi connectivity index (χ1) is 19.0. The summed E-state index contributed by atoms with van der Waals surface area (Å²) in [7, 11) is 0. The molecule has 40 heavy (non-hydrogen) atoms. The highest BCUT2D eigenvalue weighted by Gasteiger charge is 2.43. The maximum Gasteiger partial charge on any atom is 0.416 e. The molecule has 4 rings (SSSR count). The summed E-state index contributed by atoms with van der Waals surface area (Å²) in [6.45, 7) is 0.111. The topological polar surface area (TPSA) is 83.8 Å². The number of ether oxygens (including phenoxy) is 1. The molecule has 0 unspecified atom stereocenters. The van der Waals surface area contributed by atoms with Gasteiger partial charge in [0.25, 0.3) is 0 Å². The van der Waals surface area contributed by atoms with Crippen LogP contribution < -0.4 is 4.74 Å². The summed E-state index contributed by atoms with van der Waals surface area (Å²) in [5, 5.41) is 18.5. The fourth-order valence-electron chi connectivity index (χ4n) is 4.80. The van der Waals surface area contributed by atoms with Gasteiger partial charge in [0, 0.05) is 5.56 Å². The number of hydrogen-bond acceptors (Lipinski definition) is 3. The van der Waals surface area contributed by atoms with Gasteiger partial charge in [-0.2, -0.15) is 13.2 Å². The van der Waals surface area contributed by atoms with Crippen LogP contribution in [0.1, 0.15) is 64.7 Å². The van der Waals surface area contributed by atoms with E-state index in [0.717, 1.165) is 48.9 Å². The molecule has 8 heteroatoms. The molecule has 0 heterocycles. The molecule has 0 aromatic heterocycles. The molecule has 1 saturated carbocycles. The fraction of sp³-hybridized carbons (Fsp3) is 0.312. The van der Waals surface area contributed by atoms with E-state index in [1.54, 1.807) is 30.3 Å². The molecule has 1 atom stereocenters. The zero-order valence-corrected chi connectivity index (χ0v) is 21.9. The van der Waals surface area contributed by atoms with E-state index in [1.165, 1.54) is 12.1 Å². The zero-order valence-electron chi connectivity index (χ0n) is 21.9. The zero-order chi connectivity index (χ0) is 28.8. The number of aliphatic carboxylic acids is 1. The van der Waals surface area contributed by atoms with E-state index >= 15 is 0 Å². The Balaban J connectivity index is 1.47. The summed E-state index contributed by atoms with van der Waals surface area (Å²) in [5.74, 6) is -1.11. The number of para-hydroxylation sites is 1. The summed E-state index contributed by atoms with van der Waals surface area (Å²) in [6.07, 6.45) is 3.83. The Morgan fingerprint density at radius 3 is 2.17 bits per heavy atom.